The molecule has 0 aromatic heterocycles. The molecular weight excluding hydrogens is 266 g/mol. The van der Waals surface area contributed by atoms with Crippen molar-refractivity contribution in [3.05, 3.63) is 29.8 Å². The highest BCUT2D eigenvalue weighted by molar-refractivity contribution is 5.76. The number of methoxy groups -OCH3 is 1. The van der Waals surface area contributed by atoms with Gasteiger partial charge in [0.1, 0.15) is 5.75 Å². The van der Waals surface area contributed by atoms with Gasteiger partial charge >= 0.3 is 0 Å². The number of amides is 1. The van der Waals surface area contributed by atoms with Gasteiger partial charge in [0.2, 0.25) is 5.91 Å². The molecule has 0 spiro atoms. The quantitative estimate of drug-likeness (QED) is 0.775. The van der Waals surface area contributed by atoms with Gasteiger partial charge in [0.15, 0.2) is 0 Å². The predicted octanol–water partition coefficient (Wildman–Crippen LogP) is 2.92. The van der Waals surface area contributed by atoms with E-state index in [2.05, 4.69) is 26.1 Å². The molecule has 1 amide bonds. The van der Waals surface area contributed by atoms with Crippen LogP contribution in [0.5, 0.6) is 5.75 Å². The second kappa shape index (κ2) is 8.67. The molecule has 0 aliphatic heterocycles. The van der Waals surface area contributed by atoms with Crippen molar-refractivity contribution in [2.45, 2.75) is 39.7 Å². The molecule has 118 valence electrons. The number of rotatable bonds is 8. The molecule has 0 fully saturated rings. The van der Waals surface area contributed by atoms with Crippen LogP contribution in [0.2, 0.25) is 0 Å². The van der Waals surface area contributed by atoms with Crippen LogP contribution in [0.3, 0.4) is 0 Å². The topological polar surface area (TPSA) is 58.6 Å². The van der Waals surface area contributed by atoms with Gasteiger partial charge in [-0.15, -0.1) is 0 Å². The zero-order valence-corrected chi connectivity index (χ0v) is 13.4. The lowest BCUT2D eigenvalue weighted by atomic mass is 9.90. The Morgan fingerprint density at radius 2 is 1.90 bits per heavy atom. The van der Waals surface area contributed by atoms with Gasteiger partial charge in [0.25, 0.3) is 0 Å². The third-order valence-corrected chi connectivity index (χ3v) is 3.91. The van der Waals surface area contributed by atoms with Gasteiger partial charge in [-0.25, -0.2) is 0 Å². The van der Waals surface area contributed by atoms with Crippen molar-refractivity contribution in [1.29, 1.82) is 0 Å². The largest absolute Gasteiger partial charge is 0.497 e. The molecule has 0 aliphatic rings. The van der Waals surface area contributed by atoms with Crippen molar-refractivity contribution >= 4 is 5.91 Å². The first-order valence-corrected chi connectivity index (χ1v) is 7.56. The van der Waals surface area contributed by atoms with Crippen LogP contribution in [0.15, 0.2) is 24.3 Å². The highest BCUT2D eigenvalue weighted by Crippen LogP contribution is 2.19. The van der Waals surface area contributed by atoms with Crippen LogP contribution in [0.4, 0.5) is 0 Å². The zero-order chi connectivity index (χ0) is 15.8. The van der Waals surface area contributed by atoms with Crippen LogP contribution >= 0.6 is 0 Å². The van der Waals surface area contributed by atoms with Crippen LogP contribution in [0.25, 0.3) is 0 Å². The maximum Gasteiger partial charge on any atom is 0.220 e. The molecular formula is C17H27NO3. The van der Waals surface area contributed by atoms with E-state index in [9.17, 15) is 9.90 Å². The van der Waals surface area contributed by atoms with E-state index in [0.29, 0.717) is 18.3 Å². The zero-order valence-electron chi connectivity index (χ0n) is 13.4. The van der Waals surface area contributed by atoms with E-state index < -0.39 is 6.10 Å². The molecule has 2 unspecified atom stereocenters. The van der Waals surface area contributed by atoms with Gasteiger partial charge in [0.05, 0.1) is 13.2 Å². The van der Waals surface area contributed by atoms with Gasteiger partial charge in [-0.05, 0) is 29.5 Å². The van der Waals surface area contributed by atoms with Crippen molar-refractivity contribution in [1.82, 2.24) is 5.32 Å². The number of carbonyl (C=O) groups excluding carboxylic acids is 1. The average molecular weight is 293 g/mol. The Labute approximate surface area is 127 Å². The monoisotopic (exact) mass is 293 g/mol. The maximum atomic E-state index is 11.9. The Balaban J connectivity index is 2.44. The molecule has 2 N–H and O–H groups in total. The number of hydrogen-bond donors (Lipinski definition) is 2. The fourth-order valence-corrected chi connectivity index (χ4v) is 2.32. The lowest BCUT2D eigenvalue weighted by Gasteiger charge is -2.19. The van der Waals surface area contributed by atoms with Crippen molar-refractivity contribution < 1.29 is 14.6 Å². The summed E-state index contributed by atoms with van der Waals surface area (Å²) in [7, 11) is 1.60. The summed E-state index contributed by atoms with van der Waals surface area (Å²) < 4.78 is 5.07. The van der Waals surface area contributed by atoms with Crippen molar-refractivity contribution in [3.63, 3.8) is 0 Å². The number of ether oxygens (including phenoxy) is 1. The minimum absolute atomic E-state index is 0.00288. The highest BCUT2D eigenvalue weighted by atomic mass is 16.5. The molecule has 1 rings (SSSR count). The molecule has 2 atom stereocenters. The SMILES string of the molecule is CCC(CC(=O)NCC(O)c1ccc(OC)cc1)C(C)C. The number of aliphatic hydroxyl groups is 1. The second-order valence-electron chi connectivity index (χ2n) is 5.71. The number of hydrogen-bond acceptors (Lipinski definition) is 3. The van der Waals surface area contributed by atoms with Crippen LogP contribution in [0, 0.1) is 11.8 Å². The lowest BCUT2D eigenvalue weighted by Crippen LogP contribution is -2.30. The Kier molecular flexibility index (Phi) is 7.23. The molecule has 0 radical (unpaired) electrons. The summed E-state index contributed by atoms with van der Waals surface area (Å²) in [6, 6.07) is 7.20. The third-order valence-electron chi connectivity index (χ3n) is 3.91. The summed E-state index contributed by atoms with van der Waals surface area (Å²) in [4.78, 5) is 11.9. The molecule has 0 aliphatic carbocycles. The van der Waals surface area contributed by atoms with E-state index >= 15 is 0 Å². The Morgan fingerprint density at radius 1 is 1.29 bits per heavy atom. The molecule has 0 saturated heterocycles. The molecule has 0 saturated carbocycles. The Hall–Kier alpha value is -1.55. The number of benzene rings is 1. The second-order valence-corrected chi connectivity index (χ2v) is 5.71. The highest BCUT2D eigenvalue weighted by Gasteiger charge is 2.16. The van der Waals surface area contributed by atoms with Crippen molar-refractivity contribution in [3.8, 4) is 5.75 Å². The van der Waals surface area contributed by atoms with Gasteiger partial charge in [-0.3, -0.25) is 4.79 Å². The van der Waals surface area contributed by atoms with E-state index in [-0.39, 0.29) is 12.5 Å². The number of carbonyl (C=O) groups is 1. The van der Waals surface area contributed by atoms with Crippen LogP contribution in [-0.4, -0.2) is 24.7 Å². The molecule has 1 aromatic carbocycles. The molecule has 0 bridgehead atoms. The first-order chi connectivity index (χ1) is 9.97. The summed E-state index contributed by atoms with van der Waals surface area (Å²) in [5.74, 6) is 1.64. The van der Waals surface area contributed by atoms with E-state index in [0.717, 1.165) is 17.7 Å². The van der Waals surface area contributed by atoms with E-state index in [1.165, 1.54) is 0 Å². The fourth-order valence-electron chi connectivity index (χ4n) is 2.32. The van der Waals surface area contributed by atoms with Gasteiger partial charge < -0.3 is 15.2 Å². The van der Waals surface area contributed by atoms with E-state index in [1.807, 2.05) is 0 Å². The Bertz CT molecular complexity index is 428. The molecule has 21 heavy (non-hydrogen) atoms. The minimum Gasteiger partial charge on any atom is -0.497 e. The third kappa shape index (κ3) is 5.76. The lowest BCUT2D eigenvalue weighted by molar-refractivity contribution is -0.122. The van der Waals surface area contributed by atoms with Crippen LogP contribution < -0.4 is 10.1 Å². The Morgan fingerprint density at radius 3 is 2.38 bits per heavy atom. The number of nitrogens with one attached hydrogen (secondary N) is 1. The van der Waals surface area contributed by atoms with Gasteiger partial charge in [0, 0.05) is 13.0 Å². The smallest absolute Gasteiger partial charge is 0.220 e. The molecule has 4 heteroatoms. The summed E-state index contributed by atoms with van der Waals surface area (Å²) in [6.45, 7) is 6.60. The molecule has 1 aromatic rings. The van der Waals surface area contributed by atoms with E-state index in [4.69, 9.17) is 4.74 Å². The predicted molar refractivity (Wildman–Crippen MR) is 84.2 cm³/mol. The average Bonchev–Trinajstić information content (AvgIpc) is 2.49. The maximum absolute atomic E-state index is 11.9. The van der Waals surface area contributed by atoms with Gasteiger partial charge in [-0.2, -0.15) is 0 Å². The normalized spacial score (nSPS) is 13.8. The summed E-state index contributed by atoms with van der Waals surface area (Å²) >= 11 is 0. The number of aliphatic hydroxyl groups excluding tert-OH is 1. The van der Waals surface area contributed by atoms with E-state index in [1.54, 1.807) is 31.4 Å². The first kappa shape index (κ1) is 17.5. The minimum atomic E-state index is -0.695. The molecule has 4 nitrogen and oxygen atoms in total. The van der Waals surface area contributed by atoms with Crippen LogP contribution in [-0.2, 0) is 4.79 Å². The summed E-state index contributed by atoms with van der Waals surface area (Å²) in [6.07, 6.45) is 0.814. The van der Waals surface area contributed by atoms with Crippen molar-refractivity contribution in [2.75, 3.05) is 13.7 Å². The fraction of sp³-hybridized carbons (Fsp3) is 0.588. The van der Waals surface area contributed by atoms with Crippen LogP contribution in [0.1, 0.15) is 45.3 Å². The van der Waals surface area contributed by atoms with Crippen molar-refractivity contribution in [2.24, 2.45) is 11.8 Å². The van der Waals surface area contributed by atoms with Gasteiger partial charge in [-0.1, -0.05) is 39.3 Å². The first-order valence-electron chi connectivity index (χ1n) is 7.56. The summed E-state index contributed by atoms with van der Waals surface area (Å²) in [5, 5.41) is 12.9. The summed E-state index contributed by atoms with van der Waals surface area (Å²) in [5.41, 5.74) is 0.770. The molecule has 0 heterocycles. The standard InChI is InChI=1S/C17H27NO3/c1-5-13(12(2)3)10-17(20)18-11-16(19)14-6-8-15(21-4)9-7-14/h6-9,12-13,16,19H,5,10-11H2,1-4H3,(H,18,20).